The summed E-state index contributed by atoms with van der Waals surface area (Å²) in [6.07, 6.45) is -2.11. The Labute approximate surface area is 275 Å². The summed E-state index contributed by atoms with van der Waals surface area (Å²) in [7, 11) is -0.769. The van der Waals surface area contributed by atoms with Crippen molar-refractivity contribution in [3.05, 3.63) is 6.33 Å². The van der Waals surface area contributed by atoms with Crippen molar-refractivity contribution < 1.29 is 43.1 Å². The van der Waals surface area contributed by atoms with E-state index < -0.39 is 62.3 Å². The molecule has 1 saturated heterocycles. The van der Waals surface area contributed by atoms with Gasteiger partial charge in [0.05, 0.1) is 26.1 Å². The number of anilines is 2. The fourth-order valence-electron chi connectivity index (χ4n) is 5.31. The molecular weight excluding hydrogens is 635 g/mol. The SMILES string of the molecule is CCOC(=O)[C@H](CC(C)C)NP(=O)(N[C@@H](CC(C)C)C(=O)OCC)OC[C@H]1O[C@@H](n2cnc3c(N(C)C)nc(N)nc32)[C@](C)(O)[C@@H]1O. The van der Waals surface area contributed by atoms with Crippen LogP contribution in [0.5, 0.6) is 0 Å². The van der Waals surface area contributed by atoms with E-state index in [0.717, 1.165) is 0 Å². The number of imidazole rings is 1. The Balaban J connectivity index is 1.95. The number of nitrogens with zero attached hydrogens (tertiary/aromatic N) is 5. The van der Waals surface area contributed by atoms with Crippen LogP contribution in [0.1, 0.15) is 67.5 Å². The van der Waals surface area contributed by atoms with Crippen LogP contribution >= 0.6 is 7.67 Å². The summed E-state index contributed by atoms with van der Waals surface area (Å²) in [6, 6.07) is -2.12. The number of rotatable bonds is 17. The molecule has 0 saturated carbocycles. The first kappa shape index (κ1) is 38.5. The number of aliphatic hydroxyl groups is 2. The van der Waals surface area contributed by atoms with E-state index in [9.17, 15) is 24.4 Å². The van der Waals surface area contributed by atoms with Crippen molar-refractivity contribution in [1.82, 2.24) is 29.7 Å². The van der Waals surface area contributed by atoms with Gasteiger partial charge >= 0.3 is 19.6 Å². The molecule has 6 N–H and O–H groups in total. The minimum atomic E-state index is -4.30. The molecule has 17 nitrogen and oxygen atoms in total. The van der Waals surface area contributed by atoms with Gasteiger partial charge in [0.15, 0.2) is 23.2 Å². The molecule has 6 atom stereocenters. The predicted molar refractivity (Wildman–Crippen MR) is 174 cm³/mol. The van der Waals surface area contributed by atoms with E-state index in [1.54, 1.807) is 32.8 Å². The molecule has 0 bridgehead atoms. The summed E-state index contributed by atoms with van der Waals surface area (Å²) in [5.74, 6) is -0.892. The zero-order valence-corrected chi connectivity index (χ0v) is 29.6. The van der Waals surface area contributed by atoms with Crippen LogP contribution in [0.2, 0.25) is 0 Å². The average molecular weight is 687 g/mol. The lowest BCUT2D eigenvalue weighted by molar-refractivity contribution is -0.146. The Hall–Kier alpha value is -2.92. The van der Waals surface area contributed by atoms with Crippen molar-refractivity contribution in [2.24, 2.45) is 11.8 Å². The van der Waals surface area contributed by atoms with Crippen molar-refractivity contribution in [3.63, 3.8) is 0 Å². The minimum Gasteiger partial charge on any atom is -0.465 e. The molecule has 0 aromatic carbocycles. The quantitative estimate of drug-likeness (QED) is 0.118. The van der Waals surface area contributed by atoms with Gasteiger partial charge in [0.2, 0.25) is 5.95 Å². The molecule has 2 aromatic heterocycles. The van der Waals surface area contributed by atoms with Gasteiger partial charge in [-0.05, 0) is 45.4 Å². The van der Waals surface area contributed by atoms with E-state index in [0.29, 0.717) is 11.3 Å². The van der Waals surface area contributed by atoms with Gasteiger partial charge in [-0.25, -0.2) is 15.2 Å². The molecule has 1 aliphatic rings. The van der Waals surface area contributed by atoms with Crippen molar-refractivity contribution in [3.8, 4) is 0 Å². The Bertz CT molecular complexity index is 1380. The van der Waals surface area contributed by atoms with Gasteiger partial charge in [-0.15, -0.1) is 0 Å². The molecule has 0 aliphatic carbocycles. The smallest absolute Gasteiger partial charge is 0.342 e. The molecule has 3 rings (SSSR count). The normalized spacial score (nSPS) is 23.0. The molecule has 2 aromatic rings. The van der Waals surface area contributed by atoms with Gasteiger partial charge in [-0.3, -0.25) is 18.7 Å². The zero-order chi connectivity index (χ0) is 35.3. The van der Waals surface area contributed by atoms with Crippen molar-refractivity contribution in [1.29, 1.82) is 0 Å². The van der Waals surface area contributed by atoms with E-state index >= 15 is 0 Å². The van der Waals surface area contributed by atoms with Crippen LogP contribution in [0, 0.1) is 11.8 Å². The van der Waals surface area contributed by atoms with Crippen LogP contribution in [-0.2, 0) is 32.9 Å². The van der Waals surface area contributed by atoms with Crippen LogP contribution in [0.25, 0.3) is 11.2 Å². The maximum absolute atomic E-state index is 14.6. The molecule has 0 radical (unpaired) electrons. The van der Waals surface area contributed by atoms with Crippen molar-refractivity contribution in [2.75, 3.05) is 44.5 Å². The van der Waals surface area contributed by atoms with Crippen molar-refractivity contribution in [2.45, 2.75) is 97.4 Å². The Morgan fingerprint density at radius 3 is 2.09 bits per heavy atom. The monoisotopic (exact) mass is 686 g/mol. The number of aliphatic hydroxyl groups excluding tert-OH is 1. The predicted octanol–water partition coefficient (Wildman–Crippen LogP) is 1.74. The fourth-order valence-corrected chi connectivity index (χ4v) is 7.13. The van der Waals surface area contributed by atoms with E-state index in [-0.39, 0.29) is 49.5 Å². The molecule has 0 unspecified atom stereocenters. The van der Waals surface area contributed by atoms with Crippen LogP contribution in [0.3, 0.4) is 0 Å². The Morgan fingerprint density at radius 2 is 1.62 bits per heavy atom. The average Bonchev–Trinajstić information content (AvgIpc) is 3.47. The van der Waals surface area contributed by atoms with E-state index in [2.05, 4.69) is 25.1 Å². The van der Waals surface area contributed by atoms with Crippen LogP contribution in [0.15, 0.2) is 6.33 Å². The lowest BCUT2D eigenvalue weighted by atomic mass is 9.96. The number of nitrogens with two attached hydrogens (primary N) is 1. The lowest BCUT2D eigenvalue weighted by Gasteiger charge is -2.30. The van der Waals surface area contributed by atoms with Gasteiger partial charge in [-0.1, -0.05) is 27.7 Å². The maximum Gasteiger partial charge on any atom is 0.342 e. The molecule has 18 heteroatoms. The fraction of sp³-hybridized carbons (Fsp3) is 0.759. The number of hydrogen-bond acceptors (Lipinski definition) is 14. The summed E-state index contributed by atoms with van der Waals surface area (Å²) >= 11 is 0. The van der Waals surface area contributed by atoms with E-state index in [4.69, 9.17) is 24.5 Å². The second-order valence-electron chi connectivity index (χ2n) is 12.8. The van der Waals surface area contributed by atoms with Crippen LogP contribution < -0.4 is 20.8 Å². The molecule has 0 spiro atoms. The standard InChI is InChI=1S/C29H51N8O9P/c1-10-43-25(39)18(12-16(3)4)34-47(42,35-19(13-17(5)6)26(40)44-11-2)45-14-20-22(38)29(7,41)27(46-20)37-15-31-21-23(36(8)9)32-28(30)33-24(21)37/h15-20,22,27,38,41H,10-14H2,1-9H3,(H2,30,32,33)(H2,34,35,42)/t18-,19-,20+,22+,27+,29+/m0/s1. The second kappa shape index (κ2) is 16.0. The summed E-state index contributed by atoms with van der Waals surface area (Å²) in [6.45, 7) is 11.9. The van der Waals surface area contributed by atoms with Gasteiger partial charge in [0.1, 0.15) is 29.9 Å². The zero-order valence-electron chi connectivity index (χ0n) is 28.7. The largest absolute Gasteiger partial charge is 0.465 e. The first-order valence-electron chi connectivity index (χ1n) is 15.8. The summed E-state index contributed by atoms with van der Waals surface area (Å²) < 4.78 is 38.5. The molecule has 0 amide bonds. The van der Waals surface area contributed by atoms with E-state index in [1.165, 1.54) is 17.8 Å². The first-order valence-corrected chi connectivity index (χ1v) is 17.4. The first-order chi connectivity index (χ1) is 21.9. The number of nitrogen functional groups attached to an aromatic ring is 1. The van der Waals surface area contributed by atoms with Gasteiger partial charge in [-0.2, -0.15) is 9.97 Å². The third-order valence-electron chi connectivity index (χ3n) is 7.48. The number of hydrogen-bond donors (Lipinski definition) is 5. The summed E-state index contributed by atoms with van der Waals surface area (Å²) in [4.78, 5) is 40.4. The van der Waals surface area contributed by atoms with Crippen LogP contribution in [0.4, 0.5) is 11.8 Å². The number of carbonyl (C=O) groups is 2. The molecule has 266 valence electrons. The minimum absolute atomic E-state index is 0.00595. The number of nitrogens with one attached hydrogen (secondary N) is 2. The highest BCUT2D eigenvalue weighted by molar-refractivity contribution is 7.54. The van der Waals surface area contributed by atoms with E-state index in [1.807, 2.05) is 27.7 Å². The molecular formula is C29H51N8O9P. The highest BCUT2D eigenvalue weighted by Gasteiger charge is 2.54. The summed E-state index contributed by atoms with van der Waals surface area (Å²) in [5, 5.41) is 28.3. The Kier molecular flexibility index (Phi) is 13.1. The lowest BCUT2D eigenvalue weighted by Crippen LogP contribution is -2.47. The highest BCUT2D eigenvalue weighted by Crippen LogP contribution is 2.45. The van der Waals surface area contributed by atoms with Gasteiger partial charge < -0.3 is 39.6 Å². The second-order valence-corrected chi connectivity index (χ2v) is 14.7. The van der Waals surface area contributed by atoms with Gasteiger partial charge in [0, 0.05) is 14.1 Å². The number of fused-ring (bicyclic) bond motifs is 1. The molecule has 47 heavy (non-hydrogen) atoms. The van der Waals surface area contributed by atoms with Crippen molar-refractivity contribution >= 4 is 42.5 Å². The number of aromatic nitrogens is 4. The maximum atomic E-state index is 14.6. The number of ether oxygens (including phenoxy) is 3. The number of esters is 2. The third-order valence-corrected chi connectivity index (χ3v) is 9.30. The molecule has 1 fully saturated rings. The number of carbonyl (C=O) groups excluding carboxylic acids is 2. The summed E-state index contributed by atoms with van der Waals surface area (Å²) in [5.41, 5.74) is 4.70. The van der Waals surface area contributed by atoms with Gasteiger partial charge in [0.25, 0.3) is 0 Å². The topological polar surface area (TPSA) is 226 Å². The molecule has 1 aliphatic heterocycles. The highest BCUT2D eigenvalue weighted by atomic mass is 31.2. The van der Waals surface area contributed by atoms with Crippen LogP contribution in [-0.4, -0.2) is 105 Å². The molecule has 3 heterocycles. The third kappa shape index (κ3) is 9.37. The Morgan fingerprint density at radius 1 is 1.09 bits per heavy atom.